The topological polar surface area (TPSA) is 87.4 Å². The normalized spacial score (nSPS) is 10.8. The van der Waals surface area contributed by atoms with E-state index in [0.717, 1.165) is 52.7 Å². The van der Waals surface area contributed by atoms with Gasteiger partial charge in [0.1, 0.15) is 5.82 Å². The van der Waals surface area contributed by atoms with Crippen LogP contribution in [0.4, 0.5) is 5.82 Å². The van der Waals surface area contributed by atoms with E-state index < -0.39 is 0 Å². The Morgan fingerprint density at radius 1 is 1.03 bits per heavy atom. The second-order valence-electron chi connectivity index (χ2n) is 6.48. The van der Waals surface area contributed by atoms with Crippen LogP contribution in [0.2, 0.25) is 5.02 Å². The predicted octanol–water partition coefficient (Wildman–Crippen LogP) is 3.77. The number of halogens is 1. The van der Waals surface area contributed by atoms with Crippen molar-refractivity contribution in [2.45, 2.75) is 6.54 Å². The maximum Gasteiger partial charge on any atom is 0.184 e. The Morgan fingerprint density at radius 2 is 1.80 bits per heavy atom. The first-order valence-corrected chi connectivity index (χ1v) is 10.2. The number of anilines is 1. The van der Waals surface area contributed by atoms with Gasteiger partial charge in [-0.2, -0.15) is 5.10 Å². The second-order valence-corrected chi connectivity index (χ2v) is 7.33. The Hall–Kier alpha value is -3.00. The van der Waals surface area contributed by atoms with Gasteiger partial charge in [0.15, 0.2) is 5.11 Å². The third-order valence-corrected chi connectivity index (χ3v) is 4.74. The van der Waals surface area contributed by atoms with E-state index in [9.17, 15) is 0 Å². The molecule has 1 heterocycles. The van der Waals surface area contributed by atoms with Crippen LogP contribution in [0.1, 0.15) is 11.1 Å². The molecule has 0 radical (unpaired) electrons. The third-order valence-electron chi connectivity index (χ3n) is 4.28. The van der Waals surface area contributed by atoms with Gasteiger partial charge in [-0.15, -0.1) is 0 Å². The van der Waals surface area contributed by atoms with Crippen molar-refractivity contribution in [3.05, 3.63) is 83.0 Å². The van der Waals surface area contributed by atoms with Crippen molar-refractivity contribution in [3.8, 4) is 11.1 Å². The minimum absolute atomic E-state index is 0.138. The van der Waals surface area contributed by atoms with Crippen LogP contribution < -0.4 is 21.8 Å². The molecule has 0 bridgehead atoms. The number of nitrogens with two attached hydrogens (primary N) is 1. The van der Waals surface area contributed by atoms with Gasteiger partial charge in [-0.3, -0.25) is 5.43 Å². The average Bonchev–Trinajstić information content (AvgIpc) is 2.75. The summed E-state index contributed by atoms with van der Waals surface area (Å²) in [4.78, 5) is 4.49. The number of nitrogens with zero attached hydrogens (tertiary/aromatic N) is 2. The molecule has 0 aliphatic heterocycles. The summed E-state index contributed by atoms with van der Waals surface area (Å²) in [7, 11) is 0. The quantitative estimate of drug-likeness (QED) is 0.176. The van der Waals surface area contributed by atoms with Crippen molar-refractivity contribution in [2.24, 2.45) is 10.8 Å². The lowest BCUT2D eigenvalue weighted by Crippen LogP contribution is -2.23. The first-order valence-electron chi connectivity index (χ1n) is 9.45. The summed E-state index contributed by atoms with van der Waals surface area (Å²) in [6.07, 6.45) is 3.52. The molecule has 2 aromatic carbocycles. The fourth-order valence-electron chi connectivity index (χ4n) is 2.75. The van der Waals surface area contributed by atoms with E-state index in [1.807, 2.05) is 66.9 Å². The number of hydrazone groups is 1. The van der Waals surface area contributed by atoms with Crippen LogP contribution in [-0.4, -0.2) is 29.4 Å². The van der Waals surface area contributed by atoms with Crippen molar-refractivity contribution in [3.63, 3.8) is 0 Å². The first-order chi connectivity index (χ1) is 14.6. The lowest BCUT2D eigenvalue weighted by molar-refractivity contribution is 0.706. The highest BCUT2D eigenvalue weighted by atomic mass is 35.5. The van der Waals surface area contributed by atoms with Crippen LogP contribution in [0.5, 0.6) is 0 Å². The predicted molar refractivity (Wildman–Crippen MR) is 129 cm³/mol. The van der Waals surface area contributed by atoms with Gasteiger partial charge in [0.25, 0.3) is 0 Å². The molecule has 5 N–H and O–H groups in total. The Labute approximate surface area is 186 Å². The maximum atomic E-state index is 6.16. The molecule has 1 aromatic heterocycles. The molecule has 0 saturated heterocycles. The van der Waals surface area contributed by atoms with Gasteiger partial charge in [-0.25, -0.2) is 4.98 Å². The first kappa shape index (κ1) is 21.7. The summed E-state index contributed by atoms with van der Waals surface area (Å²) in [5, 5.41) is 11.6. The molecular weight excluding hydrogens is 416 g/mol. The van der Waals surface area contributed by atoms with E-state index in [1.165, 1.54) is 0 Å². The zero-order valence-corrected chi connectivity index (χ0v) is 17.9. The highest BCUT2D eigenvalue weighted by molar-refractivity contribution is 7.80. The molecular formula is C22H23ClN6S. The van der Waals surface area contributed by atoms with Gasteiger partial charge < -0.3 is 16.4 Å². The van der Waals surface area contributed by atoms with Crippen LogP contribution in [-0.2, 0) is 6.54 Å². The van der Waals surface area contributed by atoms with Gasteiger partial charge in [0, 0.05) is 36.4 Å². The fourth-order valence-corrected chi connectivity index (χ4v) is 3.00. The second kappa shape index (κ2) is 11.3. The number of rotatable bonds is 9. The fraction of sp³-hybridized carbons (Fsp3) is 0.136. The van der Waals surface area contributed by atoms with Crippen molar-refractivity contribution < 1.29 is 0 Å². The third kappa shape index (κ3) is 6.81. The maximum absolute atomic E-state index is 6.16. The van der Waals surface area contributed by atoms with Crippen molar-refractivity contribution in [1.82, 2.24) is 15.7 Å². The minimum Gasteiger partial charge on any atom is -0.375 e. The summed E-state index contributed by atoms with van der Waals surface area (Å²) in [5.74, 6) is 0.839. The molecule has 0 amide bonds. The molecule has 154 valence electrons. The van der Waals surface area contributed by atoms with Gasteiger partial charge in [0.05, 0.1) is 6.21 Å². The monoisotopic (exact) mass is 438 g/mol. The van der Waals surface area contributed by atoms with E-state index >= 15 is 0 Å². The Bertz CT molecular complexity index is 989. The van der Waals surface area contributed by atoms with Crippen LogP contribution in [0.25, 0.3) is 11.1 Å². The molecule has 3 rings (SSSR count). The minimum atomic E-state index is 0.138. The number of thiocarbonyl (C=S) groups is 1. The van der Waals surface area contributed by atoms with Crippen molar-refractivity contribution in [1.29, 1.82) is 0 Å². The number of hydrogen-bond donors (Lipinski definition) is 4. The number of hydrogen-bond acceptors (Lipinski definition) is 5. The number of aromatic nitrogens is 1. The molecule has 0 aliphatic rings. The molecule has 30 heavy (non-hydrogen) atoms. The molecule has 8 heteroatoms. The summed E-state index contributed by atoms with van der Waals surface area (Å²) in [6, 6.07) is 19.8. The molecule has 6 nitrogen and oxygen atoms in total. The molecule has 0 unspecified atom stereocenters. The smallest absolute Gasteiger partial charge is 0.184 e. The van der Waals surface area contributed by atoms with Gasteiger partial charge in [0.2, 0.25) is 0 Å². The average molecular weight is 439 g/mol. The highest BCUT2D eigenvalue weighted by Crippen LogP contribution is 2.20. The summed E-state index contributed by atoms with van der Waals surface area (Å²) < 4.78 is 0. The van der Waals surface area contributed by atoms with Crippen LogP contribution >= 0.6 is 23.8 Å². The molecule has 0 spiro atoms. The Morgan fingerprint density at radius 3 is 2.50 bits per heavy atom. The lowest BCUT2D eigenvalue weighted by atomic mass is 10.1. The van der Waals surface area contributed by atoms with Gasteiger partial charge in [-0.05, 0) is 47.1 Å². The summed E-state index contributed by atoms with van der Waals surface area (Å²) >= 11 is 10.9. The van der Waals surface area contributed by atoms with Gasteiger partial charge in [-0.1, -0.05) is 54.1 Å². The lowest BCUT2D eigenvalue weighted by Gasteiger charge is -2.09. The van der Waals surface area contributed by atoms with E-state index in [1.54, 1.807) is 6.21 Å². The van der Waals surface area contributed by atoms with E-state index in [4.69, 9.17) is 29.6 Å². The van der Waals surface area contributed by atoms with Gasteiger partial charge >= 0.3 is 0 Å². The standard InChI is InChI=1S/C22H23ClN6S/c23-20-4-2-1-3-19(20)14-25-11-12-26-21-10-9-18(15-27-21)17-7-5-16(6-8-17)13-28-29-22(24)30/h1-10,13,15,25H,11-12,14H2,(H,26,27)(H3,24,29,30)/b28-13+. The highest BCUT2D eigenvalue weighted by Gasteiger charge is 2.01. The number of pyridine rings is 1. The van der Waals surface area contributed by atoms with Crippen molar-refractivity contribution in [2.75, 3.05) is 18.4 Å². The van der Waals surface area contributed by atoms with Crippen LogP contribution in [0.3, 0.4) is 0 Å². The van der Waals surface area contributed by atoms with Crippen LogP contribution in [0.15, 0.2) is 72.0 Å². The number of benzene rings is 2. The largest absolute Gasteiger partial charge is 0.375 e. The van der Waals surface area contributed by atoms with E-state index in [2.05, 4.69) is 26.1 Å². The SMILES string of the molecule is NC(=S)N/N=C/c1ccc(-c2ccc(NCCNCc3ccccc3Cl)nc2)cc1. The molecule has 0 fully saturated rings. The molecule has 0 saturated carbocycles. The van der Waals surface area contributed by atoms with E-state index in [-0.39, 0.29) is 5.11 Å². The molecule has 0 aliphatic carbocycles. The Kier molecular flexibility index (Phi) is 8.14. The summed E-state index contributed by atoms with van der Waals surface area (Å²) in [6.45, 7) is 2.32. The van der Waals surface area contributed by atoms with E-state index in [0.29, 0.717) is 0 Å². The zero-order chi connectivity index (χ0) is 21.2. The molecule has 0 atom stereocenters. The van der Waals surface area contributed by atoms with Crippen molar-refractivity contribution >= 4 is 41.0 Å². The number of nitrogens with one attached hydrogen (secondary N) is 3. The van der Waals surface area contributed by atoms with Crippen LogP contribution in [0, 0.1) is 0 Å². The molecule has 3 aromatic rings. The zero-order valence-electron chi connectivity index (χ0n) is 16.3. The Balaban J connectivity index is 1.45. The summed E-state index contributed by atoms with van der Waals surface area (Å²) in [5.41, 5.74) is 12.0.